The summed E-state index contributed by atoms with van der Waals surface area (Å²) in [4.78, 5) is 5.04. The molecule has 0 N–H and O–H groups in total. The number of rotatable bonds is 5. The van der Waals surface area contributed by atoms with E-state index in [4.69, 9.17) is 0 Å². The Hall–Kier alpha value is -5.31. The fraction of sp³-hybridized carbons (Fsp3) is 0.0455. The molecule has 0 saturated heterocycles. The summed E-state index contributed by atoms with van der Waals surface area (Å²) in [6, 6.07) is 64.5. The zero-order valence-electron chi connectivity index (χ0n) is 25.3. The van der Waals surface area contributed by atoms with Crippen molar-refractivity contribution < 1.29 is 0 Å². The molecule has 0 unspecified atom stereocenters. The third-order valence-corrected chi connectivity index (χ3v) is 10.8. The molecule has 0 spiro atoms. The van der Waals surface area contributed by atoms with Crippen LogP contribution in [0.2, 0.25) is 0 Å². The lowest BCUT2D eigenvalue weighted by Gasteiger charge is -2.37. The second-order valence-electron chi connectivity index (χ2n) is 12.1. The minimum atomic E-state index is -0.407. The van der Waals surface area contributed by atoms with Crippen molar-refractivity contribution in [1.82, 2.24) is 0 Å². The quantitative estimate of drug-likeness (QED) is 0.192. The smallest absolute Gasteiger partial charge is 0.0716 e. The van der Waals surface area contributed by atoms with Crippen LogP contribution >= 0.6 is 11.8 Å². The van der Waals surface area contributed by atoms with Crippen molar-refractivity contribution in [2.75, 3.05) is 4.90 Å². The summed E-state index contributed by atoms with van der Waals surface area (Å²) in [7, 11) is 0. The molecule has 7 aromatic rings. The molecule has 1 heterocycles. The third-order valence-electron chi connectivity index (χ3n) is 9.61. The molecule has 1 aliphatic heterocycles. The maximum atomic E-state index is 2.41. The molecule has 0 saturated carbocycles. The van der Waals surface area contributed by atoms with Crippen molar-refractivity contribution in [2.24, 2.45) is 0 Å². The van der Waals surface area contributed by atoms with Crippen LogP contribution in [0, 0.1) is 0 Å². The van der Waals surface area contributed by atoms with Crippen molar-refractivity contribution >= 4 is 28.8 Å². The molecule has 7 aromatic carbocycles. The molecule has 1 aliphatic carbocycles. The molecule has 0 amide bonds. The van der Waals surface area contributed by atoms with E-state index in [0.717, 1.165) is 17.8 Å². The van der Waals surface area contributed by atoms with E-state index >= 15 is 0 Å². The number of anilines is 3. The lowest BCUT2D eigenvalue weighted by Crippen LogP contribution is -2.30. The van der Waals surface area contributed by atoms with Gasteiger partial charge in [-0.25, -0.2) is 0 Å². The van der Waals surface area contributed by atoms with Gasteiger partial charge in [0.25, 0.3) is 0 Å². The van der Waals surface area contributed by atoms with E-state index in [1.165, 1.54) is 60.0 Å². The summed E-state index contributed by atoms with van der Waals surface area (Å²) in [6.45, 7) is 0. The first-order valence-electron chi connectivity index (χ1n) is 15.9. The predicted molar refractivity (Wildman–Crippen MR) is 192 cm³/mol. The Kier molecular flexibility index (Phi) is 6.43. The van der Waals surface area contributed by atoms with E-state index < -0.39 is 5.41 Å². The third kappa shape index (κ3) is 4.11. The maximum absolute atomic E-state index is 2.41. The van der Waals surface area contributed by atoms with Crippen LogP contribution < -0.4 is 4.90 Å². The van der Waals surface area contributed by atoms with Gasteiger partial charge in [0.15, 0.2) is 0 Å². The molecule has 2 aliphatic rings. The van der Waals surface area contributed by atoms with Gasteiger partial charge in [-0.15, -0.1) is 0 Å². The monoisotopic (exact) mass is 605 g/mol. The Balaban J connectivity index is 1.24. The molecular weight excluding hydrogens is 575 g/mol. The van der Waals surface area contributed by atoms with Crippen molar-refractivity contribution in [3.05, 3.63) is 209 Å². The minimum absolute atomic E-state index is 0.407. The number of para-hydroxylation sites is 2. The van der Waals surface area contributed by atoms with E-state index in [2.05, 4.69) is 181 Å². The van der Waals surface area contributed by atoms with Crippen LogP contribution in [-0.4, -0.2) is 0 Å². The molecule has 0 aromatic heterocycles. The summed E-state index contributed by atoms with van der Waals surface area (Å²) in [6.07, 6.45) is 0.873. The van der Waals surface area contributed by atoms with Crippen molar-refractivity contribution in [3.8, 4) is 11.1 Å². The van der Waals surface area contributed by atoms with Gasteiger partial charge in [-0.05, 0) is 93.0 Å². The second kappa shape index (κ2) is 10.9. The lowest BCUT2D eigenvalue weighted by molar-refractivity contribution is 0.748. The van der Waals surface area contributed by atoms with Crippen molar-refractivity contribution in [1.29, 1.82) is 0 Å². The fourth-order valence-corrected chi connectivity index (χ4v) is 8.81. The predicted octanol–water partition coefficient (Wildman–Crippen LogP) is 11.6. The zero-order valence-corrected chi connectivity index (χ0v) is 26.1. The number of hydrogen-bond donors (Lipinski definition) is 0. The Morgan fingerprint density at radius 3 is 1.61 bits per heavy atom. The van der Waals surface area contributed by atoms with Crippen molar-refractivity contribution in [2.45, 2.75) is 21.6 Å². The molecule has 46 heavy (non-hydrogen) atoms. The minimum Gasteiger partial charge on any atom is -0.310 e. The Labute approximate surface area is 274 Å². The Bertz CT molecular complexity index is 2120. The highest BCUT2D eigenvalue weighted by Crippen LogP contribution is 2.58. The topological polar surface area (TPSA) is 3.24 Å². The molecule has 0 bridgehead atoms. The van der Waals surface area contributed by atoms with Crippen LogP contribution in [0.15, 0.2) is 186 Å². The van der Waals surface area contributed by atoms with E-state index in [1.54, 1.807) is 0 Å². The summed E-state index contributed by atoms with van der Waals surface area (Å²) in [5.74, 6) is 0. The van der Waals surface area contributed by atoms with Gasteiger partial charge in [0.2, 0.25) is 0 Å². The number of nitrogens with zero attached hydrogens (tertiary/aromatic N) is 1. The zero-order chi connectivity index (χ0) is 30.5. The second-order valence-corrected chi connectivity index (χ2v) is 13.2. The highest BCUT2D eigenvalue weighted by Gasteiger charge is 2.47. The van der Waals surface area contributed by atoms with Crippen molar-refractivity contribution in [3.63, 3.8) is 0 Å². The summed E-state index contributed by atoms with van der Waals surface area (Å²) in [5.41, 5.74) is 13.9. The van der Waals surface area contributed by atoms with Gasteiger partial charge >= 0.3 is 0 Å². The lowest BCUT2D eigenvalue weighted by atomic mass is 9.66. The molecule has 0 fully saturated rings. The maximum Gasteiger partial charge on any atom is 0.0716 e. The van der Waals surface area contributed by atoms with E-state index in [9.17, 15) is 0 Å². The average molecular weight is 606 g/mol. The fourth-order valence-electron chi connectivity index (χ4n) is 7.73. The number of hydrogen-bond acceptors (Lipinski definition) is 2. The first kappa shape index (κ1) is 27.0. The van der Waals surface area contributed by atoms with Crippen LogP contribution in [-0.2, 0) is 11.8 Å². The molecule has 0 radical (unpaired) electrons. The highest BCUT2D eigenvalue weighted by molar-refractivity contribution is 7.99. The largest absolute Gasteiger partial charge is 0.310 e. The summed E-state index contributed by atoms with van der Waals surface area (Å²) < 4.78 is 0. The van der Waals surface area contributed by atoms with Crippen LogP contribution in [0.4, 0.5) is 17.1 Å². The summed E-state index contributed by atoms with van der Waals surface area (Å²) in [5, 5.41) is 0. The van der Waals surface area contributed by atoms with Gasteiger partial charge in [0, 0.05) is 33.3 Å². The van der Waals surface area contributed by atoms with Gasteiger partial charge in [0.1, 0.15) is 0 Å². The molecular formula is C44H31NS. The van der Waals surface area contributed by atoms with Gasteiger partial charge < -0.3 is 4.90 Å². The SMILES string of the molecule is c1ccc(N(c2ccccc2)c2ccc3c(c2)Cc2c(cccc2C2(c4ccccc4)c4ccccc4-c4ccccc42)S3)cc1. The van der Waals surface area contributed by atoms with Crippen LogP contribution in [0.25, 0.3) is 11.1 Å². The van der Waals surface area contributed by atoms with Crippen LogP contribution in [0.5, 0.6) is 0 Å². The van der Waals surface area contributed by atoms with Gasteiger partial charge in [-0.3, -0.25) is 0 Å². The first-order valence-corrected chi connectivity index (χ1v) is 16.7. The van der Waals surface area contributed by atoms with Crippen LogP contribution in [0.3, 0.4) is 0 Å². The molecule has 1 nitrogen and oxygen atoms in total. The number of fused-ring (bicyclic) bond motifs is 5. The van der Waals surface area contributed by atoms with Gasteiger partial charge in [-0.1, -0.05) is 139 Å². The normalized spacial score (nSPS) is 13.7. The number of benzene rings is 7. The Morgan fingerprint density at radius 1 is 0.435 bits per heavy atom. The van der Waals surface area contributed by atoms with E-state index in [1.807, 2.05) is 11.8 Å². The molecule has 2 heteroatoms. The first-order chi connectivity index (χ1) is 22.8. The van der Waals surface area contributed by atoms with Gasteiger partial charge in [-0.2, -0.15) is 0 Å². The van der Waals surface area contributed by atoms with Crippen LogP contribution in [0.1, 0.15) is 33.4 Å². The highest BCUT2D eigenvalue weighted by atomic mass is 32.2. The molecule has 0 atom stereocenters. The Morgan fingerprint density at radius 2 is 0.978 bits per heavy atom. The average Bonchev–Trinajstić information content (AvgIpc) is 3.43. The summed E-state index contributed by atoms with van der Waals surface area (Å²) >= 11 is 1.91. The molecule has 9 rings (SSSR count). The standard InChI is InChI=1S/C44H31NS/c1-4-15-32(16-5-1)44(39-23-12-10-21-36(39)37-22-11-13-24-40(37)44)41-25-14-26-43-38(41)30-31-29-35(27-28-42(31)46-43)45(33-17-6-2-7-18-33)34-19-8-3-9-20-34/h1-29H,30H2. The van der Waals surface area contributed by atoms with Gasteiger partial charge in [0.05, 0.1) is 5.41 Å². The van der Waals surface area contributed by atoms with E-state index in [0.29, 0.717) is 0 Å². The molecule has 218 valence electrons. The van der Waals surface area contributed by atoms with E-state index in [-0.39, 0.29) is 0 Å².